The number of anilines is 6. The third-order valence-electron chi connectivity index (χ3n) is 6.15. The van der Waals surface area contributed by atoms with Crippen LogP contribution in [0.1, 0.15) is 0 Å². The van der Waals surface area contributed by atoms with E-state index in [0.717, 1.165) is 31.9 Å². The Bertz CT molecular complexity index is 1250. The maximum atomic E-state index is 10.7. The highest BCUT2D eigenvalue weighted by Gasteiger charge is 2.26. The predicted molar refractivity (Wildman–Crippen MR) is 141 cm³/mol. The number of hydrogen-bond acceptors (Lipinski definition) is 11. The molecule has 2 aliphatic heterocycles. The van der Waals surface area contributed by atoms with Gasteiger partial charge in [-0.25, -0.2) is 4.98 Å². The minimum absolute atomic E-state index is 0.107. The number of piperazine rings is 1. The van der Waals surface area contributed by atoms with E-state index in [1.807, 2.05) is 24.3 Å². The molecule has 0 bridgehead atoms. The second-order valence-electron chi connectivity index (χ2n) is 8.71. The topological polar surface area (TPSA) is 125 Å². The number of nitrogen functional groups attached to an aromatic ring is 1. The minimum atomic E-state index is -0.995. The van der Waals surface area contributed by atoms with E-state index in [9.17, 15) is 5.11 Å². The molecule has 0 spiro atoms. The summed E-state index contributed by atoms with van der Waals surface area (Å²) in [4.78, 5) is 19.7. The zero-order valence-electron chi connectivity index (χ0n) is 20.3. The van der Waals surface area contributed by atoms with Crippen LogP contribution in [0.2, 0.25) is 0 Å². The molecule has 0 saturated carbocycles. The van der Waals surface area contributed by atoms with Crippen molar-refractivity contribution >= 4 is 46.4 Å². The highest BCUT2D eigenvalue weighted by Crippen LogP contribution is 2.38. The van der Waals surface area contributed by atoms with Crippen molar-refractivity contribution in [1.82, 2.24) is 14.9 Å². The summed E-state index contributed by atoms with van der Waals surface area (Å²) in [7, 11) is 3.72. The first-order valence-corrected chi connectivity index (χ1v) is 11.7. The second-order valence-corrected chi connectivity index (χ2v) is 8.71. The van der Waals surface area contributed by atoms with Gasteiger partial charge in [-0.05, 0) is 37.4 Å². The van der Waals surface area contributed by atoms with Crippen molar-refractivity contribution in [3.63, 3.8) is 0 Å². The summed E-state index contributed by atoms with van der Waals surface area (Å²) in [5.74, 6) is 1.42. The van der Waals surface area contributed by atoms with Crippen LogP contribution in [-0.2, 0) is 4.74 Å². The van der Waals surface area contributed by atoms with Crippen molar-refractivity contribution in [2.75, 3.05) is 68.0 Å². The lowest BCUT2D eigenvalue weighted by Crippen LogP contribution is -2.44. The minimum Gasteiger partial charge on any atom is -0.465 e. The number of ether oxygens (including phenoxy) is 2. The van der Waals surface area contributed by atoms with Crippen LogP contribution in [0.15, 0.2) is 53.7 Å². The number of rotatable bonds is 7. The number of benzene rings is 2. The number of nitrogens with zero attached hydrogens (tertiary/aromatic N) is 6. The van der Waals surface area contributed by atoms with Gasteiger partial charge in [0.25, 0.3) is 0 Å². The summed E-state index contributed by atoms with van der Waals surface area (Å²) in [5.41, 5.74) is 9.56. The lowest BCUT2D eigenvalue weighted by molar-refractivity contribution is 0.0516. The molecule has 11 nitrogen and oxygen atoms in total. The summed E-state index contributed by atoms with van der Waals surface area (Å²) in [5, 5.41) is 13.9. The average molecular weight is 491 g/mol. The second kappa shape index (κ2) is 10.4. The van der Waals surface area contributed by atoms with Gasteiger partial charge in [-0.1, -0.05) is 6.07 Å². The van der Waals surface area contributed by atoms with Crippen molar-refractivity contribution in [2.24, 2.45) is 4.99 Å². The van der Waals surface area contributed by atoms with E-state index in [2.05, 4.69) is 43.2 Å². The maximum Gasteiger partial charge on any atom is 0.229 e. The molecule has 1 saturated heterocycles. The van der Waals surface area contributed by atoms with Crippen LogP contribution >= 0.6 is 0 Å². The molecule has 1 aromatic heterocycles. The summed E-state index contributed by atoms with van der Waals surface area (Å²) < 4.78 is 11.0. The van der Waals surface area contributed by atoms with Gasteiger partial charge in [-0.2, -0.15) is 4.98 Å². The van der Waals surface area contributed by atoms with Gasteiger partial charge >= 0.3 is 0 Å². The van der Waals surface area contributed by atoms with Crippen LogP contribution in [0.4, 0.5) is 40.2 Å². The molecule has 2 aliphatic rings. The van der Waals surface area contributed by atoms with E-state index in [4.69, 9.17) is 15.2 Å². The number of likely N-dealkylation sites (N-methyl/N-ethyl adjacent to an activating group) is 1. The van der Waals surface area contributed by atoms with E-state index in [-0.39, 0.29) is 6.79 Å². The first kappa shape index (κ1) is 23.8. The Balaban J connectivity index is 1.44. The number of methoxy groups -OCH3 is 1. The molecule has 2 aromatic carbocycles. The highest BCUT2D eigenvalue weighted by atomic mass is 16.7. The van der Waals surface area contributed by atoms with E-state index in [0.29, 0.717) is 40.3 Å². The molecule has 1 atom stereocenters. The van der Waals surface area contributed by atoms with E-state index in [1.54, 1.807) is 30.3 Å². The normalized spacial score (nSPS) is 17.7. The average Bonchev–Trinajstić information content (AvgIpc) is 2.88. The fourth-order valence-electron chi connectivity index (χ4n) is 4.22. The van der Waals surface area contributed by atoms with Gasteiger partial charge in [0, 0.05) is 56.4 Å². The molecular weight excluding hydrogens is 460 g/mol. The van der Waals surface area contributed by atoms with Crippen LogP contribution in [-0.4, -0.2) is 79.5 Å². The molecule has 5 rings (SSSR count). The molecule has 1 unspecified atom stereocenters. The quantitative estimate of drug-likeness (QED) is 0.336. The van der Waals surface area contributed by atoms with Gasteiger partial charge in [-0.15, -0.1) is 0 Å². The molecule has 1 fully saturated rings. The molecule has 0 aliphatic carbocycles. The molecule has 11 heteroatoms. The smallest absolute Gasteiger partial charge is 0.229 e. The van der Waals surface area contributed by atoms with E-state index < -0.39 is 6.23 Å². The Hall–Kier alpha value is -3.93. The largest absolute Gasteiger partial charge is 0.465 e. The highest BCUT2D eigenvalue weighted by molar-refractivity contribution is 5.86. The molecule has 188 valence electrons. The Kier molecular flexibility index (Phi) is 6.85. The van der Waals surface area contributed by atoms with Crippen molar-refractivity contribution in [3.8, 4) is 5.75 Å². The lowest BCUT2D eigenvalue weighted by Gasteiger charge is -2.34. The van der Waals surface area contributed by atoms with Crippen molar-refractivity contribution < 1.29 is 14.6 Å². The van der Waals surface area contributed by atoms with Crippen molar-refractivity contribution in [1.29, 1.82) is 0 Å². The summed E-state index contributed by atoms with van der Waals surface area (Å²) in [6, 6.07) is 13.2. The molecule has 3 heterocycles. The Morgan fingerprint density at radius 2 is 1.94 bits per heavy atom. The van der Waals surface area contributed by atoms with Crippen molar-refractivity contribution in [2.45, 2.75) is 6.23 Å². The number of aliphatic imine (C=N–C) groups is 1. The third-order valence-corrected chi connectivity index (χ3v) is 6.15. The zero-order valence-corrected chi connectivity index (χ0v) is 20.3. The van der Waals surface area contributed by atoms with Gasteiger partial charge in [-0.3, -0.25) is 9.89 Å². The van der Waals surface area contributed by atoms with Gasteiger partial charge in [0.05, 0.1) is 18.1 Å². The first-order valence-electron chi connectivity index (χ1n) is 11.7. The number of aliphatic hydroxyl groups is 1. The number of aliphatic hydroxyl groups excluding tert-OH is 1. The monoisotopic (exact) mass is 490 g/mol. The number of aromatic nitrogens is 2. The number of nitrogens with two attached hydrogens (primary N) is 1. The fourth-order valence-corrected chi connectivity index (χ4v) is 4.22. The number of fused-ring (bicyclic) bond motifs is 1. The van der Waals surface area contributed by atoms with Gasteiger partial charge < -0.3 is 35.4 Å². The van der Waals surface area contributed by atoms with Crippen LogP contribution in [0.3, 0.4) is 0 Å². The SMILES string of the molecule is COCOc1cc(N2CCN(C)CC2)ccc1Nc1ncc2c(n1)N(c1cccc(N)c1)C(O)C=N2. The Morgan fingerprint density at radius 1 is 1.11 bits per heavy atom. The standard InChI is InChI=1S/C25H30N8O3/c1-31-8-10-32(11-9-31)18-6-7-20(22(13-18)36-16-35-2)29-25-28-14-21-24(30-25)33(23(34)15-27-21)19-5-3-4-17(26)12-19/h3-7,12-15,23,34H,8-11,16,26H2,1-2H3,(H,28,29,30). The molecular formula is C25H30N8O3. The Morgan fingerprint density at radius 3 is 2.72 bits per heavy atom. The number of hydrogen-bond donors (Lipinski definition) is 3. The number of nitrogens with one attached hydrogen (secondary N) is 1. The molecule has 36 heavy (non-hydrogen) atoms. The molecule has 0 amide bonds. The lowest BCUT2D eigenvalue weighted by atomic mass is 10.2. The van der Waals surface area contributed by atoms with Gasteiger partial charge in [0.2, 0.25) is 5.95 Å². The third kappa shape index (κ3) is 5.03. The van der Waals surface area contributed by atoms with Crippen LogP contribution in [0, 0.1) is 0 Å². The molecule has 3 aromatic rings. The Labute approximate surface area is 209 Å². The van der Waals surface area contributed by atoms with Crippen LogP contribution < -0.4 is 25.6 Å². The maximum absolute atomic E-state index is 10.7. The van der Waals surface area contributed by atoms with Crippen LogP contribution in [0.5, 0.6) is 5.75 Å². The first-order chi connectivity index (χ1) is 17.5. The summed E-state index contributed by atoms with van der Waals surface area (Å²) in [6.45, 7) is 4.02. The summed E-state index contributed by atoms with van der Waals surface area (Å²) >= 11 is 0. The molecule has 4 N–H and O–H groups in total. The van der Waals surface area contributed by atoms with Crippen LogP contribution in [0.25, 0.3) is 0 Å². The summed E-state index contributed by atoms with van der Waals surface area (Å²) in [6.07, 6.45) is 2.06. The predicted octanol–water partition coefficient (Wildman–Crippen LogP) is 2.71. The van der Waals surface area contributed by atoms with Crippen molar-refractivity contribution in [3.05, 3.63) is 48.7 Å². The van der Waals surface area contributed by atoms with Gasteiger partial charge in [0.1, 0.15) is 11.4 Å². The fraction of sp³-hybridized carbons (Fsp3) is 0.320. The van der Waals surface area contributed by atoms with E-state index in [1.165, 1.54) is 6.21 Å². The van der Waals surface area contributed by atoms with Gasteiger partial charge in [0.15, 0.2) is 18.8 Å². The zero-order chi connectivity index (χ0) is 25.1. The van der Waals surface area contributed by atoms with E-state index >= 15 is 0 Å². The molecule has 0 radical (unpaired) electrons.